The van der Waals surface area contributed by atoms with Crippen molar-refractivity contribution in [3.05, 3.63) is 23.4 Å². The normalized spacial score (nSPS) is 10.2. The number of aryl methyl sites for hydroxylation is 1. The standard InChI is InChI=1S/C11H19N3/c1-4-5-13-11-6-9(2)10(7-12-3)8-14-11/h6,8,12H,4-5,7H2,1-3H3,(H,13,14). The van der Waals surface area contributed by atoms with E-state index in [9.17, 15) is 0 Å². The Labute approximate surface area is 85.9 Å². The largest absolute Gasteiger partial charge is 0.370 e. The summed E-state index contributed by atoms with van der Waals surface area (Å²) >= 11 is 0. The average molecular weight is 193 g/mol. The van der Waals surface area contributed by atoms with Gasteiger partial charge in [0.2, 0.25) is 0 Å². The van der Waals surface area contributed by atoms with Crippen molar-refractivity contribution in [1.29, 1.82) is 0 Å². The van der Waals surface area contributed by atoms with Crippen molar-refractivity contribution < 1.29 is 0 Å². The quantitative estimate of drug-likeness (QED) is 0.750. The number of hydrogen-bond acceptors (Lipinski definition) is 3. The highest BCUT2D eigenvalue weighted by molar-refractivity contribution is 5.40. The molecule has 0 aliphatic heterocycles. The SMILES string of the molecule is CCCNc1cc(C)c(CNC)cn1. The monoisotopic (exact) mass is 193 g/mol. The minimum absolute atomic E-state index is 0.882. The molecule has 0 saturated carbocycles. The van der Waals surface area contributed by atoms with Gasteiger partial charge in [-0.25, -0.2) is 4.98 Å². The van der Waals surface area contributed by atoms with Gasteiger partial charge in [0.15, 0.2) is 0 Å². The van der Waals surface area contributed by atoms with E-state index >= 15 is 0 Å². The van der Waals surface area contributed by atoms with Crippen molar-refractivity contribution in [1.82, 2.24) is 10.3 Å². The summed E-state index contributed by atoms with van der Waals surface area (Å²) in [6.45, 7) is 6.13. The minimum atomic E-state index is 0.882. The summed E-state index contributed by atoms with van der Waals surface area (Å²) in [5, 5.41) is 6.40. The van der Waals surface area contributed by atoms with Crippen LogP contribution in [0, 0.1) is 6.92 Å². The lowest BCUT2D eigenvalue weighted by Crippen LogP contribution is -2.08. The highest BCUT2D eigenvalue weighted by atomic mass is 15.0. The zero-order valence-electron chi connectivity index (χ0n) is 9.22. The van der Waals surface area contributed by atoms with Crippen molar-refractivity contribution in [3.63, 3.8) is 0 Å². The van der Waals surface area contributed by atoms with E-state index in [1.807, 2.05) is 13.2 Å². The van der Waals surface area contributed by atoms with Crippen LogP contribution in [0.15, 0.2) is 12.3 Å². The van der Waals surface area contributed by atoms with Crippen molar-refractivity contribution >= 4 is 5.82 Å². The first-order chi connectivity index (χ1) is 6.77. The molecule has 0 radical (unpaired) electrons. The first-order valence-electron chi connectivity index (χ1n) is 5.12. The van der Waals surface area contributed by atoms with E-state index < -0.39 is 0 Å². The lowest BCUT2D eigenvalue weighted by molar-refractivity contribution is 0.807. The smallest absolute Gasteiger partial charge is 0.126 e. The molecule has 0 bridgehead atoms. The maximum absolute atomic E-state index is 4.34. The molecule has 0 saturated heterocycles. The molecular weight excluding hydrogens is 174 g/mol. The van der Waals surface area contributed by atoms with Crippen molar-refractivity contribution in [2.45, 2.75) is 26.8 Å². The summed E-state index contributed by atoms with van der Waals surface area (Å²) in [6, 6.07) is 2.10. The molecule has 0 aliphatic rings. The van der Waals surface area contributed by atoms with E-state index in [0.717, 1.165) is 25.3 Å². The zero-order chi connectivity index (χ0) is 10.4. The van der Waals surface area contributed by atoms with Gasteiger partial charge in [0.25, 0.3) is 0 Å². The van der Waals surface area contributed by atoms with Crippen LogP contribution in [0.1, 0.15) is 24.5 Å². The van der Waals surface area contributed by atoms with Gasteiger partial charge in [-0.2, -0.15) is 0 Å². The van der Waals surface area contributed by atoms with Crippen LogP contribution in [0.3, 0.4) is 0 Å². The second-order valence-corrected chi connectivity index (χ2v) is 3.45. The Morgan fingerprint density at radius 1 is 1.43 bits per heavy atom. The van der Waals surface area contributed by atoms with Gasteiger partial charge in [0.1, 0.15) is 5.82 Å². The molecule has 0 spiro atoms. The molecule has 0 fully saturated rings. The van der Waals surface area contributed by atoms with Crippen LogP contribution >= 0.6 is 0 Å². The molecular formula is C11H19N3. The fraction of sp³-hybridized carbons (Fsp3) is 0.545. The van der Waals surface area contributed by atoms with Gasteiger partial charge in [0, 0.05) is 19.3 Å². The second-order valence-electron chi connectivity index (χ2n) is 3.45. The predicted octanol–water partition coefficient (Wildman–Crippen LogP) is 1.93. The van der Waals surface area contributed by atoms with Gasteiger partial charge in [0.05, 0.1) is 0 Å². The van der Waals surface area contributed by atoms with Gasteiger partial charge in [-0.15, -0.1) is 0 Å². The van der Waals surface area contributed by atoms with E-state index in [-0.39, 0.29) is 0 Å². The summed E-state index contributed by atoms with van der Waals surface area (Å²) in [4.78, 5) is 4.34. The maximum Gasteiger partial charge on any atom is 0.126 e. The molecule has 78 valence electrons. The predicted molar refractivity (Wildman–Crippen MR) is 60.5 cm³/mol. The summed E-state index contributed by atoms with van der Waals surface area (Å²) in [7, 11) is 1.95. The molecule has 0 amide bonds. The maximum atomic E-state index is 4.34. The molecule has 0 aromatic carbocycles. The number of nitrogens with one attached hydrogen (secondary N) is 2. The molecule has 0 unspecified atom stereocenters. The average Bonchev–Trinajstić information content (AvgIpc) is 2.19. The minimum Gasteiger partial charge on any atom is -0.370 e. The first-order valence-corrected chi connectivity index (χ1v) is 5.12. The van der Waals surface area contributed by atoms with Crippen molar-refractivity contribution in [2.75, 3.05) is 18.9 Å². The first kappa shape index (κ1) is 11.0. The number of rotatable bonds is 5. The Morgan fingerprint density at radius 2 is 2.21 bits per heavy atom. The molecule has 1 heterocycles. The van der Waals surface area contributed by atoms with Crippen molar-refractivity contribution in [2.24, 2.45) is 0 Å². The summed E-state index contributed by atoms with van der Waals surface area (Å²) in [5.74, 6) is 0.976. The fourth-order valence-corrected chi connectivity index (χ4v) is 1.31. The van der Waals surface area contributed by atoms with E-state index in [1.165, 1.54) is 11.1 Å². The summed E-state index contributed by atoms with van der Waals surface area (Å²) in [5.41, 5.74) is 2.54. The third-order valence-electron chi connectivity index (χ3n) is 2.14. The van der Waals surface area contributed by atoms with Crippen LogP contribution in [0.4, 0.5) is 5.82 Å². The zero-order valence-corrected chi connectivity index (χ0v) is 9.22. The third kappa shape index (κ3) is 3.00. The Hall–Kier alpha value is -1.09. The van der Waals surface area contributed by atoms with Gasteiger partial charge < -0.3 is 10.6 Å². The topological polar surface area (TPSA) is 37.0 Å². The molecule has 2 N–H and O–H groups in total. The van der Waals surface area contributed by atoms with Crippen LogP contribution in [-0.4, -0.2) is 18.6 Å². The number of aromatic nitrogens is 1. The van der Waals surface area contributed by atoms with Crippen molar-refractivity contribution in [3.8, 4) is 0 Å². The van der Waals surface area contributed by atoms with Crippen LogP contribution in [-0.2, 0) is 6.54 Å². The number of pyridine rings is 1. The Kier molecular flexibility index (Phi) is 4.40. The highest BCUT2D eigenvalue weighted by Gasteiger charge is 1.99. The summed E-state index contributed by atoms with van der Waals surface area (Å²) < 4.78 is 0. The molecule has 1 rings (SSSR count). The van der Waals surface area contributed by atoms with Crippen LogP contribution < -0.4 is 10.6 Å². The third-order valence-corrected chi connectivity index (χ3v) is 2.14. The molecule has 0 atom stereocenters. The van der Waals surface area contributed by atoms with E-state index in [1.54, 1.807) is 0 Å². The van der Waals surface area contributed by atoms with Gasteiger partial charge >= 0.3 is 0 Å². The van der Waals surface area contributed by atoms with Gasteiger partial charge in [-0.1, -0.05) is 6.92 Å². The molecule has 0 aliphatic carbocycles. The molecule has 3 heteroatoms. The second kappa shape index (κ2) is 5.60. The Bertz CT molecular complexity index is 284. The Morgan fingerprint density at radius 3 is 2.79 bits per heavy atom. The summed E-state index contributed by atoms with van der Waals surface area (Å²) in [6.07, 6.45) is 3.06. The molecule has 1 aromatic rings. The van der Waals surface area contributed by atoms with E-state index in [4.69, 9.17) is 0 Å². The molecule has 14 heavy (non-hydrogen) atoms. The molecule has 3 nitrogen and oxygen atoms in total. The van der Waals surface area contributed by atoms with Gasteiger partial charge in [-0.05, 0) is 37.6 Å². The van der Waals surface area contributed by atoms with Crippen LogP contribution in [0.2, 0.25) is 0 Å². The number of nitrogens with zero attached hydrogens (tertiary/aromatic N) is 1. The molecule has 1 aromatic heterocycles. The highest BCUT2D eigenvalue weighted by Crippen LogP contribution is 2.11. The fourth-order valence-electron chi connectivity index (χ4n) is 1.31. The van der Waals surface area contributed by atoms with Gasteiger partial charge in [-0.3, -0.25) is 0 Å². The lowest BCUT2D eigenvalue weighted by Gasteiger charge is -2.08. The van der Waals surface area contributed by atoms with Crippen LogP contribution in [0.5, 0.6) is 0 Å². The van der Waals surface area contributed by atoms with E-state index in [0.29, 0.717) is 0 Å². The Balaban J connectivity index is 2.68. The van der Waals surface area contributed by atoms with E-state index in [2.05, 4.69) is 35.5 Å². The van der Waals surface area contributed by atoms with Crippen LogP contribution in [0.25, 0.3) is 0 Å². The number of hydrogen-bond donors (Lipinski definition) is 2. The number of anilines is 1. The lowest BCUT2D eigenvalue weighted by atomic mass is 10.1.